The van der Waals surface area contributed by atoms with Gasteiger partial charge in [0.2, 0.25) is 0 Å². The fourth-order valence-corrected chi connectivity index (χ4v) is 1.68. The van der Waals surface area contributed by atoms with Crippen LogP contribution in [0.15, 0.2) is 24.3 Å². The average molecular weight is 272 g/mol. The van der Waals surface area contributed by atoms with E-state index in [1.807, 2.05) is 24.3 Å². The van der Waals surface area contributed by atoms with E-state index in [1.165, 1.54) is 0 Å². The van der Waals surface area contributed by atoms with Gasteiger partial charge in [-0.1, -0.05) is 25.4 Å². The van der Waals surface area contributed by atoms with E-state index in [4.69, 9.17) is 21.1 Å². The second-order valence-corrected chi connectivity index (χ2v) is 4.53. The zero-order valence-corrected chi connectivity index (χ0v) is 11.9. The lowest BCUT2D eigenvalue weighted by Crippen LogP contribution is -2.38. The number of ether oxygens (including phenoxy) is 2. The third-order valence-corrected chi connectivity index (χ3v) is 2.68. The van der Waals surface area contributed by atoms with Crippen molar-refractivity contribution in [2.75, 3.05) is 26.4 Å². The zero-order chi connectivity index (χ0) is 13.2. The highest BCUT2D eigenvalue weighted by atomic mass is 35.5. The van der Waals surface area contributed by atoms with Crippen LogP contribution in [0.2, 0.25) is 5.02 Å². The molecule has 3 nitrogen and oxygen atoms in total. The molecule has 1 N–H and O–H groups in total. The predicted octanol–water partition coefficient (Wildman–Crippen LogP) is 3.12. The van der Waals surface area contributed by atoms with Crippen LogP contribution in [0, 0.1) is 0 Å². The van der Waals surface area contributed by atoms with Crippen LogP contribution in [0.3, 0.4) is 0 Å². The van der Waals surface area contributed by atoms with Gasteiger partial charge in [0.1, 0.15) is 12.4 Å². The van der Waals surface area contributed by atoms with Gasteiger partial charge in [0.05, 0.1) is 12.6 Å². The molecule has 0 heterocycles. The van der Waals surface area contributed by atoms with Crippen molar-refractivity contribution in [3.05, 3.63) is 29.3 Å². The largest absolute Gasteiger partial charge is 0.492 e. The number of likely N-dealkylation sites (N-methyl/N-ethyl adjacent to an activating group) is 1. The molecule has 1 rings (SSSR count). The van der Waals surface area contributed by atoms with Crippen LogP contribution < -0.4 is 10.1 Å². The van der Waals surface area contributed by atoms with E-state index >= 15 is 0 Å². The molecular weight excluding hydrogens is 250 g/mol. The quantitative estimate of drug-likeness (QED) is 0.700. The summed E-state index contributed by atoms with van der Waals surface area (Å²) in [4.78, 5) is 0. The fraction of sp³-hybridized carbons (Fsp3) is 0.571. The van der Waals surface area contributed by atoms with Crippen LogP contribution in [0.25, 0.3) is 0 Å². The molecule has 1 aromatic rings. The van der Waals surface area contributed by atoms with Gasteiger partial charge in [0, 0.05) is 11.6 Å². The lowest BCUT2D eigenvalue weighted by atomic mass is 10.3. The van der Waals surface area contributed by atoms with Gasteiger partial charge in [0.25, 0.3) is 0 Å². The minimum absolute atomic E-state index is 0.220. The van der Waals surface area contributed by atoms with Gasteiger partial charge in [-0.05, 0) is 37.2 Å². The summed E-state index contributed by atoms with van der Waals surface area (Å²) in [6.07, 6.45) is 1.04. The smallest absolute Gasteiger partial charge is 0.119 e. The van der Waals surface area contributed by atoms with E-state index in [9.17, 15) is 0 Å². The molecule has 1 atom stereocenters. The number of hydrogen-bond acceptors (Lipinski definition) is 3. The minimum atomic E-state index is 0.220. The first-order valence-corrected chi connectivity index (χ1v) is 6.83. The Hall–Kier alpha value is -0.770. The second kappa shape index (κ2) is 9.20. The van der Waals surface area contributed by atoms with Crippen molar-refractivity contribution in [1.29, 1.82) is 0 Å². The molecule has 0 bridgehead atoms. The summed E-state index contributed by atoms with van der Waals surface area (Å²) in [6.45, 7) is 7.16. The highest BCUT2D eigenvalue weighted by molar-refractivity contribution is 6.30. The van der Waals surface area contributed by atoms with Crippen LogP contribution in [0.5, 0.6) is 5.75 Å². The average Bonchev–Trinajstić information content (AvgIpc) is 2.38. The third kappa shape index (κ3) is 6.24. The van der Waals surface area contributed by atoms with Gasteiger partial charge < -0.3 is 14.8 Å². The van der Waals surface area contributed by atoms with Gasteiger partial charge in [-0.15, -0.1) is 0 Å². The molecule has 0 saturated heterocycles. The topological polar surface area (TPSA) is 30.5 Å². The van der Waals surface area contributed by atoms with Crippen molar-refractivity contribution in [3.8, 4) is 5.75 Å². The highest BCUT2D eigenvalue weighted by Crippen LogP contribution is 2.15. The van der Waals surface area contributed by atoms with Crippen LogP contribution >= 0.6 is 11.6 Å². The molecule has 102 valence electrons. The number of rotatable bonds is 9. The van der Waals surface area contributed by atoms with Crippen LogP contribution in [-0.2, 0) is 4.74 Å². The molecule has 1 unspecified atom stereocenters. The number of hydrogen-bond donors (Lipinski definition) is 1. The fourth-order valence-electron chi connectivity index (χ4n) is 1.55. The SMILES string of the molecule is CCCOCC(COc1ccc(Cl)cc1)NCC. The molecule has 0 amide bonds. The Balaban J connectivity index is 2.33. The molecule has 0 fully saturated rings. The maximum Gasteiger partial charge on any atom is 0.119 e. The number of halogens is 1. The number of nitrogens with one attached hydrogen (secondary N) is 1. The van der Waals surface area contributed by atoms with Crippen molar-refractivity contribution >= 4 is 11.6 Å². The first kappa shape index (κ1) is 15.3. The van der Waals surface area contributed by atoms with Crippen molar-refractivity contribution in [2.45, 2.75) is 26.3 Å². The monoisotopic (exact) mass is 271 g/mol. The summed E-state index contributed by atoms with van der Waals surface area (Å²) in [5, 5.41) is 4.07. The molecule has 0 saturated carbocycles. The molecule has 0 aliphatic rings. The molecule has 0 spiro atoms. The molecular formula is C14H22ClNO2. The maximum absolute atomic E-state index is 5.82. The van der Waals surface area contributed by atoms with E-state index in [0.29, 0.717) is 13.2 Å². The van der Waals surface area contributed by atoms with E-state index in [0.717, 1.165) is 30.3 Å². The van der Waals surface area contributed by atoms with Gasteiger partial charge in [-0.2, -0.15) is 0 Å². The highest BCUT2D eigenvalue weighted by Gasteiger charge is 2.08. The molecule has 1 aromatic carbocycles. The molecule has 0 aliphatic carbocycles. The lowest BCUT2D eigenvalue weighted by Gasteiger charge is -2.18. The summed E-state index contributed by atoms with van der Waals surface area (Å²) in [5.41, 5.74) is 0. The summed E-state index contributed by atoms with van der Waals surface area (Å²) in [7, 11) is 0. The van der Waals surface area contributed by atoms with Crippen molar-refractivity contribution in [2.24, 2.45) is 0 Å². The van der Waals surface area contributed by atoms with Crippen molar-refractivity contribution < 1.29 is 9.47 Å². The summed E-state index contributed by atoms with van der Waals surface area (Å²) in [6, 6.07) is 7.62. The Morgan fingerprint density at radius 1 is 1.17 bits per heavy atom. The first-order chi connectivity index (χ1) is 8.76. The summed E-state index contributed by atoms with van der Waals surface area (Å²) in [5.74, 6) is 0.831. The van der Waals surface area contributed by atoms with Gasteiger partial charge in [-0.3, -0.25) is 0 Å². The maximum atomic E-state index is 5.82. The predicted molar refractivity (Wildman–Crippen MR) is 75.5 cm³/mol. The molecule has 18 heavy (non-hydrogen) atoms. The molecule has 0 radical (unpaired) electrons. The van der Waals surface area contributed by atoms with Crippen LogP contribution in [0.4, 0.5) is 0 Å². The second-order valence-electron chi connectivity index (χ2n) is 4.09. The van der Waals surface area contributed by atoms with E-state index in [1.54, 1.807) is 0 Å². The van der Waals surface area contributed by atoms with Gasteiger partial charge in [0.15, 0.2) is 0 Å². The van der Waals surface area contributed by atoms with Crippen LogP contribution in [-0.4, -0.2) is 32.4 Å². The third-order valence-electron chi connectivity index (χ3n) is 2.43. The van der Waals surface area contributed by atoms with Crippen molar-refractivity contribution in [1.82, 2.24) is 5.32 Å². The lowest BCUT2D eigenvalue weighted by molar-refractivity contribution is 0.0943. The molecule has 0 aliphatic heterocycles. The van der Waals surface area contributed by atoms with E-state index in [2.05, 4.69) is 19.2 Å². The van der Waals surface area contributed by atoms with E-state index in [-0.39, 0.29) is 6.04 Å². The standard InChI is InChI=1S/C14H22ClNO2/c1-3-9-17-10-13(16-4-2)11-18-14-7-5-12(15)6-8-14/h5-8,13,16H,3-4,9-11H2,1-2H3. The van der Waals surface area contributed by atoms with Crippen molar-refractivity contribution in [3.63, 3.8) is 0 Å². The Kier molecular flexibility index (Phi) is 7.81. The zero-order valence-electron chi connectivity index (χ0n) is 11.1. The summed E-state index contributed by atoms with van der Waals surface area (Å²) < 4.78 is 11.2. The molecule has 4 heteroatoms. The Bertz CT molecular complexity index is 316. The van der Waals surface area contributed by atoms with Gasteiger partial charge >= 0.3 is 0 Å². The van der Waals surface area contributed by atoms with E-state index < -0.39 is 0 Å². The Morgan fingerprint density at radius 2 is 1.89 bits per heavy atom. The van der Waals surface area contributed by atoms with Gasteiger partial charge in [-0.25, -0.2) is 0 Å². The normalized spacial score (nSPS) is 12.4. The first-order valence-electron chi connectivity index (χ1n) is 6.45. The minimum Gasteiger partial charge on any atom is -0.492 e. The summed E-state index contributed by atoms with van der Waals surface area (Å²) >= 11 is 5.82. The Morgan fingerprint density at radius 3 is 2.50 bits per heavy atom. The van der Waals surface area contributed by atoms with Crippen LogP contribution in [0.1, 0.15) is 20.3 Å². The number of benzene rings is 1. The Labute approximate surface area is 114 Å². The molecule has 0 aromatic heterocycles.